The first-order valence-corrected chi connectivity index (χ1v) is 14.6. The van der Waals surface area contributed by atoms with Crippen LogP contribution in [0.25, 0.3) is 0 Å². The van der Waals surface area contributed by atoms with Crippen LogP contribution in [0.5, 0.6) is 0 Å². The number of anilines is 1. The van der Waals surface area contributed by atoms with Gasteiger partial charge in [-0.3, -0.25) is 13.9 Å². The van der Waals surface area contributed by atoms with Crippen LogP contribution < -0.4 is 9.62 Å². The molecule has 0 unspecified atom stereocenters. The topological polar surface area (TPSA) is 86.8 Å². The van der Waals surface area contributed by atoms with Crippen molar-refractivity contribution in [2.75, 3.05) is 10.8 Å². The van der Waals surface area contributed by atoms with E-state index in [9.17, 15) is 22.4 Å². The number of hydrogen-bond donors (Lipinski definition) is 1. The first-order valence-electron chi connectivity index (χ1n) is 13.1. The van der Waals surface area contributed by atoms with Crippen molar-refractivity contribution in [2.45, 2.75) is 63.1 Å². The van der Waals surface area contributed by atoms with Gasteiger partial charge in [-0.1, -0.05) is 60.9 Å². The number of halogens is 1. The molecule has 206 valence electrons. The Labute approximate surface area is 229 Å². The molecule has 2 amide bonds. The molecule has 0 spiro atoms. The van der Waals surface area contributed by atoms with Crippen molar-refractivity contribution >= 4 is 27.5 Å². The van der Waals surface area contributed by atoms with E-state index < -0.39 is 34.3 Å². The molecule has 0 heterocycles. The Hall–Kier alpha value is -3.72. The number of aryl methyl sites for hydroxylation is 1. The number of carbonyl (C=O) groups excluding carboxylic acids is 2. The fourth-order valence-electron chi connectivity index (χ4n) is 4.84. The highest BCUT2D eigenvalue weighted by molar-refractivity contribution is 7.92. The Morgan fingerprint density at radius 3 is 2.28 bits per heavy atom. The van der Waals surface area contributed by atoms with Crippen molar-refractivity contribution in [3.8, 4) is 0 Å². The average molecular weight is 552 g/mol. The summed E-state index contributed by atoms with van der Waals surface area (Å²) in [5, 5.41) is 3.06. The number of para-hydroxylation sites is 1. The summed E-state index contributed by atoms with van der Waals surface area (Å²) in [5.74, 6) is -1.36. The Kier molecular flexibility index (Phi) is 9.01. The molecule has 1 aliphatic carbocycles. The SMILES string of the molecule is Cc1cccc(CN(C(=O)CN(c2ccccc2)S(=O)(=O)c2ccc(F)cc2)[C@@H](C)C(=O)NC2CCCC2)c1. The lowest BCUT2D eigenvalue weighted by atomic mass is 10.1. The van der Waals surface area contributed by atoms with Crippen molar-refractivity contribution in [3.63, 3.8) is 0 Å². The highest BCUT2D eigenvalue weighted by atomic mass is 32.2. The zero-order valence-electron chi connectivity index (χ0n) is 22.2. The number of amides is 2. The van der Waals surface area contributed by atoms with Gasteiger partial charge in [-0.05, 0) is 68.7 Å². The Balaban J connectivity index is 1.66. The van der Waals surface area contributed by atoms with Gasteiger partial charge >= 0.3 is 0 Å². The molecule has 1 aliphatic rings. The van der Waals surface area contributed by atoms with Crippen molar-refractivity contribution < 1.29 is 22.4 Å². The molecule has 1 N–H and O–H groups in total. The fraction of sp³-hybridized carbons (Fsp3) is 0.333. The second-order valence-electron chi connectivity index (χ2n) is 9.98. The molecular weight excluding hydrogens is 517 g/mol. The molecule has 7 nitrogen and oxygen atoms in total. The van der Waals surface area contributed by atoms with Crippen LogP contribution in [-0.4, -0.2) is 43.8 Å². The zero-order valence-corrected chi connectivity index (χ0v) is 23.0. The number of sulfonamides is 1. The Morgan fingerprint density at radius 1 is 0.974 bits per heavy atom. The van der Waals surface area contributed by atoms with Crippen LogP contribution in [0.2, 0.25) is 0 Å². The average Bonchev–Trinajstić information content (AvgIpc) is 3.43. The van der Waals surface area contributed by atoms with Crippen molar-refractivity contribution in [3.05, 3.63) is 95.8 Å². The quantitative estimate of drug-likeness (QED) is 0.392. The first kappa shape index (κ1) is 28.3. The molecule has 3 aromatic carbocycles. The van der Waals surface area contributed by atoms with E-state index in [-0.39, 0.29) is 29.1 Å². The van der Waals surface area contributed by atoms with Gasteiger partial charge in [0.2, 0.25) is 11.8 Å². The summed E-state index contributed by atoms with van der Waals surface area (Å²) >= 11 is 0. The standard InChI is InChI=1S/C30H34FN3O4S/c1-22-9-8-10-24(19-22)20-33(23(2)30(36)32-26-11-6-7-12-26)29(35)21-34(27-13-4-3-5-14-27)39(37,38)28-17-15-25(31)16-18-28/h3-5,8-10,13-19,23,26H,6-7,11-12,20-21H2,1-2H3,(H,32,36)/t23-/m0/s1. The number of hydrogen-bond acceptors (Lipinski definition) is 4. The molecule has 4 rings (SSSR count). The van der Waals surface area contributed by atoms with Crippen LogP contribution >= 0.6 is 0 Å². The van der Waals surface area contributed by atoms with Crippen LogP contribution in [-0.2, 0) is 26.2 Å². The molecule has 0 saturated heterocycles. The monoisotopic (exact) mass is 551 g/mol. The summed E-state index contributed by atoms with van der Waals surface area (Å²) in [6.45, 7) is 3.22. The number of carbonyl (C=O) groups is 2. The van der Waals surface area contributed by atoms with Crippen LogP contribution in [0.4, 0.5) is 10.1 Å². The van der Waals surface area contributed by atoms with Crippen LogP contribution in [0.3, 0.4) is 0 Å². The van der Waals surface area contributed by atoms with E-state index in [0.29, 0.717) is 0 Å². The van der Waals surface area contributed by atoms with Crippen molar-refractivity contribution in [1.82, 2.24) is 10.2 Å². The number of nitrogens with zero attached hydrogens (tertiary/aromatic N) is 2. The molecule has 0 radical (unpaired) electrons. The smallest absolute Gasteiger partial charge is 0.264 e. The van der Waals surface area contributed by atoms with Crippen LogP contribution in [0.1, 0.15) is 43.7 Å². The number of benzene rings is 3. The second kappa shape index (κ2) is 12.4. The van der Waals surface area contributed by atoms with Crippen molar-refractivity contribution in [2.24, 2.45) is 0 Å². The third kappa shape index (κ3) is 7.03. The summed E-state index contributed by atoms with van der Waals surface area (Å²) in [4.78, 5) is 28.4. The van der Waals surface area contributed by atoms with Crippen LogP contribution in [0.15, 0.2) is 83.8 Å². The number of nitrogens with one attached hydrogen (secondary N) is 1. The highest BCUT2D eigenvalue weighted by Gasteiger charge is 2.33. The summed E-state index contributed by atoms with van der Waals surface area (Å²) in [6, 6.07) is 19.6. The van der Waals surface area contributed by atoms with E-state index in [2.05, 4.69) is 5.32 Å². The summed E-state index contributed by atoms with van der Waals surface area (Å²) < 4.78 is 41.9. The molecule has 0 bridgehead atoms. The molecule has 0 aromatic heterocycles. The van der Waals surface area contributed by atoms with E-state index in [0.717, 1.165) is 53.2 Å². The van der Waals surface area contributed by atoms with Gasteiger partial charge in [0.1, 0.15) is 18.4 Å². The van der Waals surface area contributed by atoms with Crippen LogP contribution in [0, 0.1) is 12.7 Å². The van der Waals surface area contributed by atoms with E-state index >= 15 is 0 Å². The van der Waals surface area contributed by atoms with Gasteiger partial charge in [-0.2, -0.15) is 0 Å². The molecule has 1 saturated carbocycles. The van der Waals surface area contributed by atoms with Gasteiger partial charge in [-0.15, -0.1) is 0 Å². The Morgan fingerprint density at radius 2 is 1.64 bits per heavy atom. The lowest BCUT2D eigenvalue weighted by molar-refractivity contribution is -0.139. The lowest BCUT2D eigenvalue weighted by Gasteiger charge is -2.32. The largest absolute Gasteiger partial charge is 0.352 e. The van der Waals surface area contributed by atoms with Crippen molar-refractivity contribution in [1.29, 1.82) is 0 Å². The molecule has 1 fully saturated rings. The zero-order chi connectivity index (χ0) is 28.0. The minimum absolute atomic E-state index is 0.0792. The summed E-state index contributed by atoms with van der Waals surface area (Å²) in [7, 11) is -4.23. The second-order valence-corrected chi connectivity index (χ2v) is 11.8. The molecule has 3 aromatic rings. The third-order valence-electron chi connectivity index (χ3n) is 7.03. The summed E-state index contributed by atoms with van der Waals surface area (Å²) in [6.07, 6.45) is 3.92. The van der Waals surface area contributed by atoms with Gasteiger partial charge in [0.25, 0.3) is 10.0 Å². The molecule has 1 atom stereocenters. The fourth-order valence-corrected chi connectivity index (χ4v) is 6.25. The van der Waals surface area contributed by atoms with E-state index in [1.54, 1.807) is 37.3 Å². The molecule has 39 heavy (non-hydrogen) atoms. The predicted molar refractivity (Wildman–Crippen MR) is 149 cm³/mol. The third-order valence-corrected chi connectivity index (χ3v) is 8.82. The maximum absolute atomic E-state index is 13.9. The van der Waals surface area contributed by atoms with Gasteiger partial charge in [-0.25, -0.2) is 12.8 Å². The van der Waals surface area contributed by atoms with E-state index in [1.807, 2.05) is 31.2 Å². The number of rotatable bonds is 10. The van der Waals surface area contributed by atoms with Gasteiger partial charge in [0, 0.05) is 12.6 Å². The lowest BCUT2D eigenvalue weighted by Crippen LogP contribution is -2.52. The summed E-state index contributed by atoms with van der Waals surface area (Å²) in [5.41, 5.74) is 2.12. The minimum atomic E-state index is -4.23. The van der Waals surface area contributed by atoms with E-state index in [1.165, 1.54) is 17.0 Å². The molecular formula is C30H34FN3O4S. The maximum atomic E-state index is 13.9. The normalized spacial score (nSPS) is 14.5. The van der Waals surface area contributed by atoms with Gasteiger partial charge < -0.3 is 10.2 Å². The minimum Gasteiger partial charge on any atom is -0.352 e. The van der Waals surface area contributed by atoms with Gasteiger partial charge in [0.05, 0.1) is 10.6 Å². The first-order chi connectivity index (χ1) is 18.6. The van der Waals surface area contributed by atoms with E-state index in [4.69, 9.17) is 0 Å². The maximum Gasteiger partial charge on any atom is 0.264 e. The Bertz CT molecular complexity index is 1390. The highest BCUT2D eigenvalue weighted by Crippen LogP contribution is 2.25. The molecule has 9 heteroatoms. The van der Waals surface area contributed by atoms with Gasteiger partial charge in [0.15, 0.2) is 0 Å². The molecule has 0 aliphatic heterocycles. The predicted octanol–water partition coefficient (Wildman–Crippen LogP) is 4.81.